The first-order chi connectivity index (χ1) is 9.13. The average molecular weight is 324 g/mol. The lowest BCUT2D eigenvalue weighted by atomic mass is 9.98. The van der Waals surface area contributed by atoms with Crippen LogP contribution >= 0.6 is 15.9 Å². The topological polar surface area (TPSA) is 42.4 Å². The molecule has 19 heavy (non-hydrogen) atoms. The fourth-order valence-electron chi connectivity index (χ4n) is 2.04. The van der Waals surface area contributed by atoms with E-state index in [4.69, 9.17) is 4.74 Å². The van der Waals surface area contributed by atoms with Gasteiger partial charge >= 0.3 is 0 Å². The largest absolute Gasteiger partial charge is 0.386 e. The van der Waals surface area contributed by atoms with Crippen molar-refractivity contribution in [3.63, 3.8) is 0 Å². The van der Waals surface area contributed by atoms with Crippen LogP contribution in [0.25, 0.3) is 10.9 Å². The highest BCUT2D eigenvalue weighted by Crippen LogP contribution is 2.31. The van der Waals surface area contributed by atoms with Crippen LogP contribution in [0.2, 0.25) is 0 Å². The van der Waals surface area contributed by atoms with Gasteiger partial charge in [-0.2, -0.15) is 0 Å². The van der Waals surface area contributed by atoms with E-state index >= 15 is 0 Å². The van der Waals surface area contributed by atoms with Crippen molar-refractivity contribution in [1.29, 1.82) is 0 Å². The predicted molar refractivity (Wildman–Crippen MR) is 80.1 cm³/mol. The summed E-state index contributed by atoms with van der Waals surface area (Å²) in [6.45, 7) is 2.65. The molecule has 1 N–H and O–H groups in total. The summed E-state index contributed by atoms with van der Waals surface area (Å²) in [5, 5.41) is 11.5. The van der Waals surface area contributed by atoms with Crippen LogP contribution < -0.4 is 0 Å². The fourth-order valence-corrected chi connectivity index (χ4v) is 2.61. The van der Waals surface area contributed by atoms with Gasteiger partial charge in [-0.15, -0.1) is 0 Å². The van der Waals surface area contributed by atoms with Crippen LogP contribution in [-0.4, -0.2) is 23.8 Å². The Balaban J connectivity index is 2.30. The summed E-state index contributed by atoms with van der Waals surface area (Å²) in [4.78, 5) is 4.57. The van der Waals surface area contributed by atoms with Crippen LogP contribution in [0.15, 0.2) is 34.8 Å². The van der Waals surface area contributed by atoms with Crippen molar-refractivity contribution in [2.75, 3.05) is 13.7 Å². The van der Waals surface area contributed by atoms with Gasteiger partial charge in [0.2, 0.25) is 0 Å². The van der Waals surface area contributed by atoms with E-state index in [0.717, 1.165) is 21.8 Å². The van der Waals surface area contributed by atoms with E-state index in [1.54, 1.807) is 7.11 Å². The zero-order valence-corrected chi connectivity index (χ0v) is 12.7. The molecule has 3 nitrogen and oxygen atoms in total. The molecule has 2 aromatic rings. The molecule has 1 heterocycles. The number of methoxy groups -OCH3 is 1. The van der Waals surface area contributed by atoms with Gasteiger partial charge in [0, 0.05) is 23.6 Å². The molecule has 0 aliphatic heterocycles. The number of hydrogen-bond donors (Lipinski definition) is 1. The summed E-state index contributed by atoms with van der Waals surface area (Å²) in [7, 11) is 1.67. The molecule has 2 atom stereocenters. The van der Waals surface area contributed by atoms with Crippen LogP contribution in [0, 0.1) is 5.92 Å². The Morgan fingerprint density at radius 3 is 2.84 bits per heavy atom. The number of fused-ring (bicyclic) bond motifs is 1. The zero-order chi connectivity index (χ0) is 13.8. The van der Waals surface area contributed by atoms with Gasteiger partial charge in [0.25, 0.3) is 0 Å². The molecular formula is C15H18BrNO2. The van der Waals surface area contributed by atoms with Gasteiger partial charge in [-0.05, 0) is 40.4 Å². The number of para-hydroxylation sites is 1. The molecule has 0 saturated heterocycles. The van der Waals surface area contributed by atoms with Crippen LogP contribution in [0.1, 0.15) is 25.1 Å². The third-order valence-electron chi connectivity index (χ3n) is 3.30. The minimum Gasteiger partial charge on any atom is -0.386 e. The Kier molecular flexibility index (Phi) is 4.91. The number of nitrogens with zero attached hydrogens (tertiary/aromatic N) is 1. The molecule has 0 saturated carbocycles. The summed E-state index contributed by atoms with van der Waals surface area (Å²) in [5.41, 5.74) is 1.60. The van der Waals surface area contributed by atoms with Gasteiger partial charge in [-0.3, -0.25) is 0 Å². The van der Waals surface area contributed by atoms with Crippen molar-refractivity contribution in [3.05, 3.63) is 40.5 Å². The van der Waals surface area contributed by atoms with Crippen molar-refractivity contribution in [1.82, 2.24) is 4.98 Å². The molecule has 2 unspecified atom stereocenters. The Hall–Kier alpha value is -0.970. The molecule has 0 aliphatic carbocycles. The summed E-state index contributed by atoms with van der Waals surface area (Å²) >= 11 is 3.50. The maximum absolute atomic E-state index is 10.4. The molecule has 0 amide bonds. The van der Waals surface area contributed by atoms with E-state index in [-0.39, 0.29) is 5.92 Å². The van der Waals surface area contributed by atoms with Gasteiger partial charge in [0.1, 0.15) is 0 Å². The van der Waals surface area contributed by atoms with Gasteiger partial charge in [0.05, 0.1) is 17.3 Å². The first kappa shape index (κ1) is 14.4. The molecule has 4 heteroatoms. The predicted octanol–water partition coefficient (Wildman–Crippen LogP) is 3.70. The molecule has 102 valence electrons. The number of ether oxygens (including phenoxy) is 1. The van der Waals surface area contributed by atoms with Crippen molar-refractivity contribution >= 4 is 26.8 Å². The zero-order valence-electron chi connectivity index (χ0n) is 11.1. The summed E-state index contributed by atoms with van der Waals surface area (Å²) in [5.74, 6) is 0.102. The van der Waals surface area contributed by atoms with Crippen molar-refractivity contribution in [2.45, 2.75) is 19.4 Å². The Bertz CT molecular complexity index is 559. The molecule has 0 bridgehead atoms. The molecule has 2 rings (SSSR count). The molecule has 0 spiro atoms. The average Bonchev–Trinajstić information content (AvgIpc) is 2.43. The van der Waals surface area contributed by atoms with Crippen molar-refractivity contribution in [2.24, 2.45) is 5.92 Å². The highest BCUT2D eigenvalue weighted by Gasteiger charge is 2.20. The number of rotatable bonds is 5. The lowest BCUT2D eigenvalue weighted by Crippen LogP contribution is -2.13. The maximum Gasteiger partial charge on any atom is 0.0997 e. The van der Waals surface area contributed by atoms with E-state index in [2.05, 4.69) is 20.9 Å². The smallest absolute Gasteiger partial charge is 0.0997 e. The fraction of sp³-hybridized carbons (Fsp3) is 0.400. The quantitative estimate of drug-likeness (QED) is 0.912. The van der Waals surface area contributed by atoms with E-state index in [0.29, 0.717) is 12.3 Å². The monoisotopic (exact) mass is 323 g/mol. The molecule has 0 fully saturated rings. The lowest BCUT2D eigenvalue weighted by Gasteiger charge is -2.19. The Morgan fingerprint density at radius 1 is 1.37 bits per heavy atom. The van der Waals surface area contributed by atoms with E-state index in [1.807, 2.05) is 37.3 Å². The van der Waals surface area contributed by atoms with Crippen LogP contribution in [-0.2, 0) is 4.74 Å². The summed E-state index contributed by atoms with van der Waals surface area (Å²) in [6.07, 6.45) is 0.215. The minimum atomic E-state index is -0.589. The van der Waals surface area contributed by atoms with E-state index in [9.17, 15) is 5.11 Å². The number of aliphatic hydroxyl groups excluding tert-OH is 1. The number of benzene rings is 1. The minimum absolute atomic E-state index is 0.102. The number of pyridine rings is 1. The number of hydrogen-bond acceptors (Lipinski definition) is 3. The van der Waals surface area contributed by atoms with Crippen molar-refractivity contribution in [3.8, 4) is 0 Å². The normalized spacial score (nSPS) is 14.5. The van der Waals surface area contributed by atoms with Crippen LogP contribution in [0.3, 0.4) is 0 Å². The molecule has 0 radical (unpaired) electrons. The van der Waals surface area contributed by atoms with Gasteiger partial charge in [0.15, 0.2) is 0 Å². The lowest BCUT2D eigenvalue weighted by molar-refractivity contribution is 0.0852. The van der Waals surface area contributed by atoms with Crippen LogP contribution in [0.5, 0.6) is 0 Å². The second kappa shape index (κ2) is 6.46. The third-order valence-corrected chi connectivity index (χ3v) is 3.94. The van der Waals surface area contributed by atoms with Gasteiger partial charge in [-0.25, -0.2) is 4.98 Å². The highest BCUT2D eigenvalue weighted by atomic mass is 79.9. The highest BCUT2D eigenvalue weighted by molar-refractivity contribution is 9.10. The number of aliphatic hydroxyl groups is 1. The summed E-state index contributed by atoms with van der Waals surface area (Å²) in [6, 6.07) is 9.90. The standard InChI is InChI=1S/C15H18BrNO2/c1-10(7-8-19-2)15(18)14-12(16)9-11-5-3-4-6-13(11)17-14/h3-6,9-10,15,18H,7-8H2,1-2H3. The van der Waals surface area contributed by atoms with Gasteiger partial charge in [-0.1, -0.05) is 25.1 Å². The molecule has 1 aromatic carbocycles. The van der Waals surface area contributed by atoms with E-state index in [1.165, 1.54) is 0 Å². The van der Waals surface area contributed by atoms with Crippen LogP contribution in [0.4, 0.5) is 0 Å². The first-order valence-corrected chi connectivity index (χ1v) is 7.15. The first-order valence-electron chi connectivity index (χ1n) is 6.35. The second-order valence-electron chi connectivity index (χ2n) is 4.75. The van der Waals surface area contributed by atoms with E-state index < -0.39 is 6.10 Å². The SMILES string of the molecule is COCCC(C)C(O)c1nc2ccccc2cc1Br. The van der Waals surface area contributed by atoms with Gasteiger partial charge < -0.3 is 9.84 Å². The summed E-state index contributed by atoms with van der Waals surface area (Å²) < 4.78 is 5.91. The molecule has 0 aliphatic rings. The van der Waals surface area contributed by atoms with Crippen molar-refractivity contribution < 1.29 is 9.84 Å². The maximum atomic E-state index is 10.4. The number of aromatic nitrogens is 1. The molecular weight excluding hydrogens is 306 g/mol. The number of halogens is 1. The second-order valence-corrected chi connectivity index (χ2v) is 5.61. The Morgan fingerprint density at radius 2 is 2.11 bits per heavy atom. The Labute approximate surface area is 121 Å². The molecule has 1 aromatic heterocycles. The third kappa shape index (κ3) is 3.32.